The molecule has 1 atom stereocenters. The van der Waals surface area contributed by atoms with Gasteiger partial charge >= 0.3 is 0 Å². The lowest BCUT2D eigenvalue weighted by atomic mass is 10.1. The second kappa shape index (κ2) is 8.02. The van der Waals surface area contributed by atoms with Crippen LogP contribution < -0.4 is 4.74 Å². The molecule has 6 nitrogen and oxygen atoms in total. The van der Waals surface area contributed by atoms with E-state index in [1.807, 2.05) is 48.2 Å². The van der Waals surface area contributed by atoms with Gasteiger partial charge in [-0.15, -0.1) is 0 Å². The number of likely N-dealkylation sites (tertiary alicyclic amines) is 1. The molecular formula is C21H20ClN3O3. The van der Waals surface area contributed by atoms with Crippen LogP contribution in [0.3, 0.4) is 0 Å². The molecule has 144 valence electrons. The molecule has 0 aliphatic carbocycles. The Hall–Kier alpha value is -2.86. The highest BCUT2D eigenvalue weighted by Gasteiger charge is 2.33. The van der Waals surface area contributed by atoms with E-state index < -0.39 is 0 Å². The molecule has 4 rings (SSSR count). The number of nitrogens with zero attached hydrogens (tertiary/aromatic N) is 3. The summed E-state index contributed by atoms with van der Waals surface area (Å²) in [5.41, 5.74) is 1.83. The second-order valence-electron chi connectivity index (χ2n) is 6.72. The number of carbonyl (C=O) groups is 1. The lowest BCUT2D eigenvalue weighted by molar-refractivity contribution is -0.128. The molecular weight excluding hydrogens is 378 g/mol. The van der Waals surface area contributed by atoms with Crippen LogP contribution in [0.4, 0.5) is 0 Å². The van der Waals surface area contributed by atoms with E-state index in [1.165, 1.54) is 0 Å². The summed E-state index contributed by atoms with van der Waals surface area (Å²) in [4.78, 5) is 18.8. The highest BCUT2D eigenvalue weighted by molar-refractivity contribution is 6.30. The highest BCUT2D eigenvalue weighted by Crippen LogP contribution is 2.30. The molecule has 1 aliphatic rings. The van der Waals surface area contributed by atoms with Gasteiger partial charge in [-0.25, -0.2) is 0 Å². The van der Waals surface area contributed by atoms with Crippen LogP contribution in [0, 0.1) is 0 Å². The van der Waals surface area contributed by atoms with Crippen LogP contribution in [0.2, 0.25) is 5.02 Å². The monoisotopic (exact) mass is 397 g/mol. The van der Waals surface area contributed by atoms with Crippen molar-refractivity contribution >= 4 is 17.5 Å². The summed E-state index contributed by atoms with van der Waals surface area (Å²) < 4.78 is 10.8. The van der Waals surface area contributed by atoms with Gasteiger partial charge in [0.05, 0.1) is 6.61 Å². The van der Waals surface area contributed by atoms with Gasteiger partial charge in [-0.1, -0.05) is 35.0 Å². The number of aromatic nitrogens is 2. The quantitative estimate of drug-likeness (QED) is 0.620. The molecule has 7 heteroatoms. The summed E-state index contributed by atoms with van der Waals surface area (Å²) in [5, 5.41) is 4.69. The van der Waals surface area contributed by atoms with Gasteiger partial charge in [0.25, 0.3) is 5.89 Å². The Morgan fingerprint density at radius 2 is 2.07 bits per heavy atom. The Labute approximate surface area is 168 Å². The smallest absolute Gasteiger partial charge is 0.257 e. The van der Waals surface area contributed by atoms with E-state index in [2.05, 4.69) is 10.1 Å². The molecule has 1 unspecified atom stereocenters. The molecule has 1 saturated heterocycles. The van der Waals surface area contributed by atoms with E-state index in [9.17, 15) is 4.79 Å². The number of ether oxygens (including phenoxy) is 1. The Kier molecular flexibility index (Phi) is 5.30. The summed E-state index contributed by atoms with van der Waals surface area (Å²) in [6, 6.07) is 15.1. The van der Waals surface area contributed by atoms with Crippen molar-refractivity contribution in [3.8, 4) is 17.2 Å². The highest BCUT2D eigenvalue weighted by atomic mass is 35.5. The third kappa shape index (κ3) is 4.02. The van der Waals surface area contributed by atoms with Gasteiger partial charge in [-0.05, 0) is 42.8 Å². The van der Waals surface area contributed by atoms with Crippen molar-refractivity contribution in [2.45, 2.75) is 25.8 Å². The van der Waals surface area contributed by atoms with Gasteiger partial charge in [0.15, 0.2) is 5.82 Å². The summed E-state index contributed by atoms with van der Waals surface area (Å²) in [6.45, 7) is 3.71. The third-order valence-electron chi connectivity index (χ3n) is 4.70. The maximum atomic E-state index is 12.5. The van der Waals surface area contributed by atoms with Crippen LogP contribution in [-0.2, 0) is 11.3 Å². The second-order valence-corrected chi connectivity index (χ2v) is 7.16. The number of carbonyl (C=O) groups excluding carboxylic acids is 1. The third-order valence-corrected chi connectivity index (χ3v) is 4.94. The van der Waals surface area contributed by atoms with E-state index in [-0.39, 0.29) is 11.8 Å². The predicted octanol–water partition coefficient (Wildman–Crippen LogP) is 4.30. The number of hydrogen-bond donors (Lipinski definition) is 0. The maximum absolute atomic E-state index is 12.5. The topological polar surface area (TPSA) is 68.5 Å². The summed E-state index contributed by atoms with van der Waals surface area (Å²) in [5.74, 6) is 1.81. The molecule has 1 aliphatic heterocycles. The van der Waals surface area contributed by atoms with Crippen LogP contribution in [0.25, 0.3) is 11.5 Å². The normalized spacial score (nSPS) is 16.6. The van der Waals surface area contributed by atoms with Crippen molar-refractivity contribution < 1.29 is 14.1 Å². The van der Waals surface area contributed by atoms with Crippen molar-refractivity contribution in [1.29, 1.82) is 0 Å². The molecule has 0 spiro atoms. The van der Waals surface area contributed by atoms with Crippen molar-refractivity contribution in [2.24, 2.45) is 0 Å². The fourth-order valence-electron chi connectivity index (χ4n) is 3.32. The zero-order chi connectivity index (χ0) is 19.5. The van der Waals surface area contributed by atoms with E-state index in [0.29, 0.717) is 42.9 Å². The fraction of sp³-hybridized carbons (Fsp3) is 0.286. The number of halogens is 1. The maximum Gasteiger partial charge on any atom is 0.257 e. The standard InChI is InChI=1S/C21H20ClN3O3/c1-2-27-18-8-6-14(7-9-18)12-25-13-16(11-19(25)26)20-23-21(28-24-20)15-4-3-5-17(22)10-15/h3-10,16H,2,11-13H2,1H3. The molecule has 0 bridgehead atoms. The summed E-state index contributed by atoms with van der Waals surface area (Å²) >= 11 is 6.02. The first kappa shape index (κ1) is 18.5. The molecule has 1 amide bonds. The SMILES string of the molecule is CCOc1ccc(CN2CC(c3noc(-c4cccc(Cl)c4)n3)CC2=O)cc1. The number of rotatable bonds is 6. The summed E-state index contributed by atoms with van der Waals surface area (Å²) in [7, 11) is 0. The lowest BCUT2D eigenvalue weighted by Gasteiger charge is -2.16. The van der Waals surface area contributed by atoms with Crippen LogP contribution in [-0.4, -0.2) is 34.1 Å². The van der Waals surface area contributed by atoms with Gasteiger partial charge < -0.3 is 14.2 Å². The fourth-order valence-corrected chi connectivity index (χ4v) is 3.51. The molecule has 0 radical (unpaired) electrons. The average molecular weight is 398 g/mol. The average Bonchev–Trinajstić information content (AvgIpc) is 3.31. The zero-order valence-corrected chi connectivity index (χ0v) is 16.2. The van der Waals surface area contributed by atoms with Gasteiger partial charge in [-0.2, -0.15) is 4.98 Å². The van der Waals surface area contributed by atoms with Crippen molar-refractivity contribution in [3.05, 3.63) is 64.9 Å². The largest absolute Gasteiger partial charge is 0.494 e. The van der Waals surface area contributed by atoms with Gasteiger partial charge in [0.1, 0.15) is 5.75 Å². The van der Waals surface area contributed by atoms with Crippen molar-refractivity contribution in [3.63, 3.8) is 0 Å². The van der Waals surface area contributed by atoms with Crippen molar-refractivity contribution in [2.75, 3.05) is 13.2 Å². The molecule has 0 saturated carbocycles. The molecule has 2 aromatic carbocycles. The summed E-state index contributed by atoms with van der Waals surface area (Å²) in [6.07, 6.45) is 0.381. The number of amides is 1. The van der Waals surface area contributed by atoms with E-state index in [1.54, 1.807) is 12.1 Å². The first-order chi connectivity index (χ1) is 13.6. The number of benzene rings is 2. The van der Waals surface area contributed by atoms with E-state index in [0.717, 1.165) is 16.9 Å². The van der Waals surface area contributed by atoms with Gasteiger partial charge in [-0.3, -0.25) is 4.79 Å². The minimum Gasteiger partial charge on any atom is -0.494 e. The van der Waals surface area contributed by atoms with Gasteiger partial charge in [0, 0.05) is 36.0 Å². The molecule has 0 N–H and O–H groups in total. The Balaban J connectivity index is 1.43. The minimum absolute atomic E-state index is 0.0770. The van der Waals surface area contributed by atoms with E-state index in [4.69, 9.17) is 20.9 Å². The predicted molar refractivity (Wildman–Crippen MR) is 105 cm³/mol. The molecule has 1 aromatic heterocycles. The number of hydrogen-bond acceptors (Lipinski definition) is 5. The van der Waals surface area contributed by atoms with Crippen LogP contribution >= 0.6 is 11.6 Å². The van der Waals surface area contributed by atoms with Crippen molar-refractivity contribution in [1.82, 2.24) is 15.0 Å². The molecule has 3 aromatic rings. The Morgan fingerprint density at radius 1 is 1.25 bits per heavy atom. The molecule has 1 fully saturated rings. The first-order valence-corrected chi connectivity index (χ1v) is 9.59. The van der Waals surface area contributed by atoms with Gasteiger partial charge in [0.2, 0.25) is 5.91 Å². The molecule has 2 heterocycles. The van der Waals surface area contributed by atoms with Crippen LogP contribution in [0.1, 0.15) is 30.7 Å². The zero-order valence-electron chi connectivity index (χ0n) is 15.5. The first-order valence-electron chi connectivity index (χ1n) is 9.21. The lowest BCUT2D eigenvalue weighted by Crippen LogP contribution is -2.24. The van der Waals surface area contributed by atoms with Crippen LogP contribution in [0.5, 0.6) is 5.75 Å². The minimum atomic E-state index is -0.0770. The van der Waals surface area contributed by atoms with Crippen LogP contribution in [0.15, 0.2) is 53.1 Å². The Bertz CT molecular complexity index is 971. The molecule has 28 heavy (non-hydrogen) atoms. The van der Waals surface area contributed by atoms with E-state index >= 15 is 0 Å². The Morgan fingerprint density at radius 3 is 2.82 bits per heavy atom.